The molecule has 1 aliphatic heterocycles. The normalized spacial score (nSPS) is 17.2. The molecule has 1 unspecified atom stereocenters. The molecule has 0 saturated carbocycles. The Kier molecular flexibility index (Phi) is 2.48. The Morgan fingerprint density at radius 2 is 2.33 bits per heavy atom. The maximum Gasteiger partial charge on any atom is 0.356 e. The molecule has 0 fully saturated rings. The summed E-state index contributed by atoms with van der Waals surface area (Å²) >= 11 is 0. The van der Waals surface area contributed by atoms with Crippen molar-refractivity contribution in [2.24, 2.45) is 5.73 Å². The van der Waals surface area contributed by atoms with Crippen molar-refractivity contribution in [1.82, 2.24) is 9.55 Å². The minimum atomic E-state index is -0.951. The highest BCUT2D eigenvalue weighted by Crippen LogP contribution is 2.23. The van der Waals surface area contributed by atoms with Crippen LogP contribution >= 0.6 is 0 Å². The number of fused-ring (bicyclic) bond motifs is 1. The lowest BCUT2D eigenvalue weighted by atomic mass is 10.1. The van der Waals surface area contributed by atoms with E-state index in [0.29, 0.717) is 5.82 Å². The van der Waals surface area contributed by atoms with E-state index in [9.17, 15) is 4.79 Å². The largest absolute Gasteiger partial charge is 0.476 e. The van der Waals surface area contributed by atoms with Gasteiger partial charge in [0.15, 0.2) is 5.69 Å². The Bertz CT molecular complexity index is 396. The van der Waals surface area contributed by atoms with Gasteiger partial charge in [-0.15, -0.1) is 0 Å². The van der Waals surface area contributed by atoms with Crippen LogP contribution in [-0.2, 0) is 13.0 Å². The lowest BCUT2D eigenvalue weighted by Gasteiger charge is -2.17. The van der Waals surface area contributed by atoms with Gasteiger partial charge >= 0.3 is 5.97 Å². The molecule has 1 aromatic rings. The average molecular weight is 209 g/mol. The van der Waals surface area contributed by atoms with Gasteiger partial charge in [0.25, 0.3) is 0 Å². The van der Waals surface area contributed by atoms with Gasteiger partial charge in [0.2, 0.25) is 0 Å². The van der Waals surface area contributed by atoms with Crippen LogP contribution in [0.25, 0.3) is 0 Å². The number of aromatic nitrogens is 2. The number of hydrogen-bond donors (Lipinski definition) is 2. The minimum absolute atomic E-state index is 0.182. The molecular weight excluding hydrogens is 194 g/mol. The maximum atomic E-state index is 11.0. The molecule has 0 saturated heterocycles. The van der Waals surface area contributed by atoms with Crippen LogP contribution < -0.4 is 5.73 Å². The van der Waals surface area contributed by atoms with Crippen LogP contribution in [0, 0.1) is 0 Å². The molecule has 5 heteroatoms. The molecule has 1 aromatic heterocycles. The van der Waals surface area contributed by atoms with Crippen molar-refractivity contribution in [3.63, 3.8) is 0 Å². The average Bonchev–Trinajstić information content (AvgIpc) is 2.56. The summed E-state index contributed by atoms with van der Waals surface area (Å²) in [6.07, 6.45) is 2.90. The fourth-order valence-corrected chi connectivity index (χ4v) is 2.09. The Labute approximate surface area is 87.9 Å². The summed E-state index contributed by atoms with van der Waals surface area (Å²) in [4.78, 5) is 15.1. The lowest BCUT2D eigenvalue weighted by molar-refractivity contribution is 0.0689. The van der Waals surface area contributed by atoms with Gasteiger partial charge in [0, 0.05) is 6.54 Å². The Balaban J connectivity index is 2.54. The van der Waals surface area contributed by atoms with Crippen molar-refractivity contribution in [2.75, 3.05) is 0 Å². The fourth-order valence-electron chi connectivity index (χ4n) is 2.09. The van der Waals surface area contributed by atoms with E-state index in [4.69, 9.17) is 10.8 Å². The third-order valence-electron chi connectivity index (χ3n) is 2.76. The highest BCUT2D eigenvalue weighted by atomic mass is 16.4. The number of carboxylic acids is 1. The van der Waals surface area contributed by atoms with Gasteiger partial charge in [-0.1, -0.05) is 0 Å². The molecule has 0 bridgehead atoms. The number of rotatable bonds is 2. The van der Waals surface area contributed by atoms with Gasteiger partial charge in [0.05, 0.1) is 11.7 Å². The molecule has 82 valence electrons. The van der Waals surface area contributed by atoms with E-state index >= 15 is 0 Å². The first kappa shape index (κ1) is 10.2. The highest BCUT2D eigenvalue weighted by Gasteiger charge is 2.24. The summed E-state index contributed by atoms with van der Waals surface area (Å²) in [5, 5.41) is 9.02. The molecule has 0 spiro atoms. The maximum absolute atomic E-state index is 11.0. The topological polar surface area (TPSA) is 81.1 Å². The van der Waals surface area contributed by atoms with Crippen LogP contribution in [0.5, 0.6) is 0 Å². The Morgan fingerprint density at radius 3 is 2.93 bits per heavy atom. The van der Waals surface area contributed by atoms with Crippen LogP contribution in [0.1, 0.15) is 47.8 Å². The molecular formula is C10H15N3O2. The van der Waals surface area contributed by atoms with Crippen molar-refractivity contribution in [3.05, 3.63) is 17.2 Å². The van der Waals surface area contributed by atoms with E-state index in [-0.39, 0.29) is 11.7 Å². The zero-order valence-corrected chi connectivity index (χ0v) is 8.73. The molecule has 1 atom stereocenters. The van der Waals surface area contributed by atoms with Crippen molar-refractivity contribution in [2.45, 2.75) is 38.8 Å². The molecule has 2 rings (SSSR count). The molecule has 1 aliphatic rings. The zero-order valence-electron chi connectivity index (χ0n) is 8.73. The summed E-state index contributed by atoms with van der Waals surface area (Å²) in [6, 6.07) is -0.213. The van der Waals surface area contributed by atoms with Crippen LogP contribution in [0.15, 0.2) is 0 Å². The lowest BCUT2D eigenvalue weighted by Crippen LogP contribution is -2.18. The second-order valence-corrected chi connectivity index (χ2v) is 3.97. The first-order valence-electron chi connectivity index (χ1n) is 5.19. The second-order valence-electron chi connectivity index (χ2n) is 3.97. The monoisotopic (exact) mass is 209 g/mol. The number of imidazole rings is 1. The molecule has 15 heavy (non-hydrogen) atoms. The van der Waals surface area contributed by atoms with Gasteiger partial charge in [-0.25, -0.2) is 9.78 Å². The standard InChI is InChI=1S/C10H15N3O2/c1-6(11)9-12-8(10(14)15)7-4-2-3-5-13(7)9/h6H,2-5,11H2,1H3,(H,14,15). The number of carboxylic acid groups (broad SMARTS) is 1. The highest BCUT2D eigenvalue weighted by molar-refractivity contribution is 5.87. The predicted octanol–water partition coefficient (Wildman–Crippen LogP) is 0.937. The quantitative estimate of drug-likeness (QED) is 0.759. The first-order chi connectivity index (χ1) is 7.11. The van der Waals surface area contributed by atoms with Gasteiger partial charge in [-0.3, -0.25) is 0 Å². The Morgan fingerprint density at radius 1 is 1.60 bits per heavy atom. The van der Waals surface area contributed by atoms with Crippen molar-refractivity contribution >= 4 is 5.97 Å². The smallest absolute Gasteiger partial charge is 0.356 e. The number of carbonyl (C=O) groups is 1. The molecule has 5 nitrogen and oxygen atoms in total. The number of hydrogen-bond acceptors (Lipinski definition) is 3. The fraction of sp³-hybridized carbons (Fsp3) is 0.600. The summed E-state index contributed by atoms with van der Waals surface area (Å²) < 4.78 is 1.97. The molecule has 0 aliphatic carbocycles. The van der Waals surface area contributed by atoms with E-state index < -0.39 is 5.97 Å². The molecule has 0 amide bonds. The number of nitrogens with two attached hydrogens (primary N) is 1. The van der Waals surface area contributed by atoms with Crippen LogP contribution in [0.4, 0.5) is 0 Å². The van der Waals surface area contributed by atoms with E-state index in [1.807, 2.05) is 11.5 Å². The SMILES string of the molecule is CC(N)c1nc(C(=O)O)c2n1CCCC2. The van der Waals surface area contributed by atoms with Crippen molar-refractivity contribution < 1.29 is 9.90 Å². The predicted molar refractivity (Wildman–Crippen MR) is 54.7 cm³/mol. The third-order valence-corrected chi connectivity index (χ3v) is 2.76. The third kappa shape index (κ3) is 1.63. The summed E-state index contributed by atoms with van der Waals surface area (Å²) in [5.74, 6) is -0.255. The van der Waals surface area contributed by atoms with E-state index in [1.54, 1.807) is 0 Å². The van der Waals surface area contributed by atoms with E-state index in [2.05, 4.69) is 4.98 Å². The van der Waals surface area contributed by atoms with Gasteiger partial charge in [-0.2, -0.15) is 0 Å². The van der Waals surface area contributed by atoms with E-state index in [0.717, 1.165) is 31.5 Å². The second kappa shape index (κ2) is 3.66. The van der Waals surface area contributed by atoms with Gasteiger partial charge in [0.1, 0.15) is 5.82 Å². The van der Waals surface area contributed by atoms with Gasteiger partial charge in [-0.05, 0) is 26.2 Å². The van der Waals surface area contributed by atoms with Crippen LogP contribution in [0.3, 0.4) is 0 Å². The summed E-state index contributed by atoms with van der Waals surface area (Å²) in [7, 11) is 0. The van der Waals surface area contributed by atoms with Crippen LogP contribution in [0.2, 0.25) is 0 Å². The minimum Gasteiger partial charge on any atom is -0.476 e. The summed E-state index contributed by atoms with van der Waals surface area (Å²) in [5.41, 5.74) is 6.79. The molecule has 0 aromatic carbocycles. The van der Waals surface area contributed by atoms with Crippen molar-refractivity contribution in [1.29, 1.82) is 0 Å². The van der Waals surface area contributed by atoms with Crippen LogP contribution in [-0.4, -0.2) is 20.6 Å². The van der Waals surface area contributed by atoms with Gasteiger partial charge < -0.3 is 15.4 Å². The van der Waals surface area contributed by atoms with E-state index in [1.165, 1.54) is 0 Å². The first-order valence-corrected chi connectivity index (χ1v) is 5.19. The number of nitrogens with zero attached hydrogens (tertiary/aromatic N) is 2. The summed E-state index contributed by atoms with van der Waals surface area (Å²) in [6.45, 7) is 2.67. The number of aromatic carboxylic acids is 1. The molecule has 2 heterocycles. The molecule has 0 radical (unpaired) electrons. The zero-order chi connectivity index (χ0) is 11.0. The Hall–Kier alpha value is -1.36. The molecule has 3 N–H and O–H groups in total. The van der Waals surface area contributed by atoms with Crippen molar-refractivity contribution in [3.8, 4) is 0 Å².